The molecule has 1 atom stereocenters. The van der Waals surface area contributed by atoms with Crippen LogP contribution in [0.1, 0.15) is 24.8 Å². The van der Waals surface area contributed by atoms with Gasteiger partial charge in [0.05, 0.1) is 0 Å². The third kappa shape index (κ3) is 4.01. The first-order valence-electron chi connectivity index (χ1n) is 8.68. The molecule has 0 amide bonds. The monoisotopic (exact) mass is 319 g/mol. The molecule has 3 rings (SSSR count). The van der Waals surface area contributed by atoms with Crippen LogP contribution in [-0.2, 0) is 4.79 Å². The second kappa shape index (κ2) is 7.59. The van der Waals surface area contributed by atoms with E-state index in [-0.39, 0.29) is 5.92 Å². The van der Waals surface area contributed by atoms with Crippen molar-refractivity contribution in [3.8, 4) is 11.1 Å². The van der Waals surface area contributed by atoms with E-state index in [4.69, 9.17) is 0 Å². The number of allylic oxidation sites excluding steroid dienone is 1. The molecule has 0 spiro atoms. The van der Waals surface area contributed by atoms with Crippen LogP contribution in [0.25, 0.3) is 17.2 Å². The topological polar surface area (TPSA) is 20.3 Å². The predicted molar refractivity (Wildman–Crippen MR) is 101 cm³/mol. The normalized spacial score (nSPS) is 19.9. The van der Waals surface area contributed by atoms with E-state index in [1.165, 1.54) is 11.1 Å². The molecule has 1 unspecified atom stereocenters. The van der Waals surface area contributed by atoms with Crippen LogP contribution in [0.2, 0.25) is 0 Å². The van der Waals surface area contributed by atoms with Gasteiger partial charge in [0, 0.05) is 12.5 Å². The van der Waals surface area contributed by atoms with Crippen LogP contribution in [0.4, 0.5) is 0 Å². The van der Waals surface area contributed by atoms with Crippen molar-refractivity contribution in [2.45, 2.75) is 19.3 Å². The van der Waals surface area contributed by atoms with Gasteiger partial charge in [-0.2, -0.15) is 0 Å². The second-order valence-electron chi connectivity index (χ2n) is 6.87. The molecule has 124 valence electrons. The average Bonchev–Trinajstić information content (AvgIpc) is 2.59. The lowest BCUT2D eigenvalue weighted by atomic mass is 9.83. The summed E-state index contributed by atoms with van der Waals surface area (Å²) in [5.41, 5.74) is 4.53. The molecule has 1 aliphatic carbocycles. The van der Waals surface area contributed by atoms with Gasteiger partial charge in [-0.25, -0.2) is 0 Å². The van der Waals surface area contributed by atoms with Gasteiger partial charge in [-0.05, 0) is 61.7 Å². The second-order valence-corrected chi connectivity index (χ2v) is 6.87. The highest BCUT2D eigenvalue weighted by atomic mass is 16.1. The first-order chi connectivity index (χ1) is 11.6. The van der Waals surface area contributed by atoms with Crippen LogP contribution < -0.4 is 0 Å². The minimum atomic E-state index is 0.156. The Morgan fingerprint density at radius 3 is 2.33 bits per heavy atom. The summed E-state index contributed by atoms with van der Waals surface area (Å²) in [5, 5.41) is 0. The Labute approximate surface area is 144 Å². The van der Waals surface area contributed by atoms with E-state index < -0.39 is 0 Å². The summed E-state index contributed by atoms with van der Waals surface area (Å²) in [4.78, 5) is 14.8. The molecule has 0 bridgehead atoms. The number of carbonyl (C=O) groups excluding carboxylic acids is 1. The Morgan fingerprint density at radius 1 is 1.00 bits per heavy atom. The molecule has 0 radical (unpaired) electrons. The molecular formula is C22H25NO. The van der Waals surface area contributed by atoms with E-state index in [1.54, 1.807) is 0 Å². The lowest BCUT2D eigenvalue weighted by Gasteiger charge is -2.25. The standard InChI is InChI=1S/C22H25NO/c1-23(2)16-21-10-6-9-20(22(21)24)15-17-11-13-19(14-12-17)18-7-4-3-5-8-18/h3-5,7-8,11-15,21H,6,9-10,16H2,1-2H3/b20-15+. The van der Waals surface area contributed by atoms with Crippen LogP contribution in [0.3, 0.4) is 0 Å². The third-order valence-electron chi connectivity index (χ3n) is 4.63. The summed E-state index contributed by atoms with van der Waals surface area (Å²) >= 11 is 0. The number of hydrogen-bond acceptors (Lipinski definition) is 2. The van der Waals surface area contributed by atoms with E-state index in [2.05, 4.69) is 59.5 Å². The Kier molecular flexibility index (Phi) is 5.27. The van der Waals surface area contributed by atoms with Gasteiger partial charge in [-0.15, -0.1) is 0 Å². The fourth-order valence-corrected chi connectivity index (χ4v) is 3.42. The largest absolute Gasteiger partial charge is 0.309 e. The zero-order valence-electron chi connectivity index (χ0n) is 14.5. The van der Waals surface area contributed by atoms with Gasteiger partial charge in [0.25, 0.3) is 0 Å². The van der Waals surface area contributed by atoms with Gasteiger partial charge in [-0.3, -0.25) is 4.79 Å². The van der Waals surface area contributed by atoms with E-state index in [0.29, 0.717) is 5.78 Å². The minimum Gasteiger partial charge on any atom is -0.309 e. The molecular weight excluding hydrogens is 294 g/mol. The zero-order valence-corrected chi connectivity index (χ0v) is 14.5. The van der Waals surface area contributed by atoms with Gasteiger partial charge >= 0.3 is 0 Å². The lowest BCUT2D eigenvalue weighted by Crippen LogP contribution is -2.31. The van der Waals surface area contributed by atoms with Crippen molar-refractivity contribution >= 4 is 11.9 Å². The van der Waals surface area contributed by atoms with Crippen LogP contribution in [0.15, 0.2) is 60.2 Å². The highest BCUT2D eigenvalue weighted by Crippen LogP contribution is 2.28. The first kappa shape index (κ1) is 16.7. The molecule has 1 saturated carbocycles. The summed E-state index contributed by atoms with van der Waals surface area (Å²) in [7, 11) is 4.07. The van der Waals surface area contributed by atoms with Gasteiger partial charge in [0.15, 0.2) is 5.78 Å². The quantitative estimate of drug-likeness (QED) is 0.763. The summed E-state index contributed by atoms with van der Waals surface area (Å²) in [6.45, 7) is 0.850. The van der Waals surface area contributed by atoms with Crippen molar-refractivity contribution in [2.24, 2.45) is 5.92 Å². The Balaban J connectivity index is 1.77. The van der Waals surface area contributed by atoms with Crippen molar-refractivity contribution in [3.05, 3.63) is 65.7 Å². The van der Waals surface area contributed by atoms with Crippen molar-refractivity contribution in [2.75, 3.05) is 20.6 Å². The zero-order chi connectivity index (χ0) is 16.9. The van der Waals surface area contributed by atoms with Gasteiger partial charge in [0.2, 0.25) is 0 Å². The molecule has 2 aromatic carbocycles. The first-order valence-corrected chi connectivity index (χ1v) is 8.68. The molecule has 0 saturated heterocycles. The van der Waals surface area contributed by atoms with E-state index in [9.17, 15) is 4.79 Å². The highest BCUT2D eigenvalue weighted by Gasteiger charge is 2.26. The van der Waals surface area contributed by atoms with E-state index >= 15 is 0 Å². The van der Waals surface area contributed by atoms with Crippen LogP contribution in [0.5, 0.6) is 0 Å². The number of benzene rings is 2. The van der Waals surface area contributed by atoms with Gasteiger partial charge < -0.3 is 4.90 Å². The lowest BCUT2D eigenvalue weighted by molar-refractivity contribution is -0.120. The molecule has 2 nitrogen and oxygen atoms in total. The van der Waals surface area contributed by atoms with E-state index in [1.807, 2.05) is 20.2 Å². The number of rotatable bonds is 4. The SMILES string of the molecule is CN(C)CC1CCC/C(=C\c2ccc(-c3ccccc3)cc2)C1=O. The maximum absolute atomic E-state index is 12.7. The Morgan fingerprint density at radius 2 is 1.67 bits per heavy atom. The Bertz CT molecular complexity index is 713. The van der Waals surface area contributed by atoms with Crippen LogP contribution >= 0.6 is 0 Å². The van der Waals surface area contributed by atoms with Crippen LogP contribution in [-0.4, -0.2) is 31.3 Å². The van der Waals surface area contributed by atoms with Crippen molar-refractivity contribution < 1.29 is 4.79 Å². The number of ketones is 1. The summed E-state index contributed by atoms with van der Waals surface area (Å²) in [5.74, 6) is 0.491. The molecule has 2 aromatic rings. The van der Waals surface area contributed by atoms with Crippen molar-refractivity contribution in [1.82, 2.24) is 4.90 Å². The molecule has 0 aromatic heterocycles. The number of Topliss-reactive ketones (excluding diaryl/α,β-unsaturated/α-hetero) is 1. The minimum absolute atomic E-state index is 0.156. The Hall–Kier alpha value is -2.19. The fourth-order valence-electron chi connectivity index (χ4n) is 3.42. The number of hydrogen-bond donors (Lipinski definition) is 0. The fraction of sp³-hybridized carbons (Fsp3) is 0.318. The molecule has 24 heavy (non-hydrogen) atoms. The predicted octanol–water partition coefficient (Wildman–Crippen LogP) is 4.67. The molecule has 0 heterocycles. The summed E-state index contributed by atoms with van der Waals surface area (Å²) in [6.07, 6.45) is 5.11. The molecule has 0 aliphatic heterocycles. The number of carbonyl (C=O) groups is 1. The molecule has 0 N–H and O–H groups in total. The van der Waals surface area contributed by atoms with Crippen LogP contribution in [0, 0.1) is 5.92 Å². The van der Waals surface area contributed by atoms with Gasteiger partial charge in [-0.1, -0.05) is 54.6 Å². The smallest absolute Gasteiger partial charge is 0.163 e. The average molecular weight is 319 g/mol. The highest BCUT2D eigenvalue weighted by molar-refractivity contribution is 6.01. The molecule has 2 heteroatoms. The maximum atomic E-state index is 12.7. The summed E-state index contributed by atoms with van der Waals surface area (Å²) in [6, 6.07) is 18.8. The summed E-state index contributed by atoms with van der Waals surface area (Å²) < 4.78 is 0. The molecule has 1 aliphatic rings. The maximum Gasteiger partial charge on any atom is 0.163 e. The van der Waals surface area contributed by atoms with Gasteiger partial charge in [0.1, 0.15) is 0 Å². The van der Waals surface area contributed by atoms with Crippen molar-refractivity contribution in [3.63, 3.8) is 0 Å². The third-order valence-corrected chi connectivity index (χ3v) is 4.63. The van der Waals surface area contributed by atoms with Crippen molar-refractivity contribution in [1.29, 1.82) is 0 Å². The molecule has 1 fully saturated rings. The van der Waals surface area contributed by atoms with E-state index in [0.717, 1.165) is 36.9 Å². The number of nitrogens with zero attached hydrogens (tertiary/aromatic N) is 1.